The molecule has 1 aliphatic heterocycles. The number of hydrogen-bond donors (Lipinski definition) is 3. The van der Waals surface area contributed by atoms with Crippen molar-refractivity contribution in [3.05, 3.63) is 65.5 Å². The number of amides is 3. The van der Waals surface area contributed by atoms with Crippen molar-refractivity contribution in [2.24, 2.45) is 5.92 Å². The summed E-state index contributed by atoms with van der Waals surface area (Å²) in [6.45, 7) is 3.56. The number of nitrogens with zero attached hydrogens (tertiary/aromatic N) is 2. The summed E-state index contributed by atoms with van der Waals surface area (Å²) >= 11 is 1.12. The van der Waals surface area contributed by atoms with Gasteiger partial charge in [0.15, 0.2) is 5.75 Å². The highest BCUT2D eigenvalue weighted by molar-refractivity contribution is 7.91. The molecule has 0 radical (unpaired) electrons. The van der Waals surface area contributed by atoms with Crippen LogP contribution in [0.15, 0.2) is 64.2 Å². The molecule has 0 fully saturated rings. The summed E-state index contributed by atoms with van der Waals surface area (Å²) in [6, 6.07) is 13.7. The zero-order valence-electron chi connectivity index (χ0n) is 23.2. The Morgan fingerprint density at radius 2 is 1.93 bits per heavy atom. The molecule has 0 saturated carbocycles. The Hall–Kier alpha value is -3.65. The Kier molecular flexibility index (Phi) is 9.53. The van der Waals surface area contributed by atoms with Gasteiger partial charge in [0.1, 0.15) is 16.1 Å². The maximum Gasteiger partial charge on any atom is 0.323 e. The summed E-state index contributed by atoms with van der Waals surface area (Å²) in [6.07, 6.45) is -0.692. The van der Waals surface area contributed by atoms with Gasteiger partial charge in [0, 0.05) is 25.2 Å². The van der Waals surface area contributed by atoms with E-state index in [-0.39, 0.29) is 52.7 Å². The van der Waals surface area contributed by atoms with E-state index in [1.54, 1.807) is 78.9 Å². The van der Waals surface area contributed by atoms with Gasteiger partial charge >= 0.3 is 6.03 Å². The van der Waals surface area contributed by atoms with E-state index in [0.29, 0.717) is 11.4 Å². The first-order valence-corrected chi connectivity index (χ1v) is 15.3. The number of rotatable bonds is 9. The highest BCUT2D eigenvalue weighted by Gasteiger charge is 2.36. The van der Waals surface area contributed by atoms with Crippen molar-refractivity contribution < 1.29 is 32.6 Å². The molecule has 3 amide bonds. The molecule has 2 aromatic carbocycles. The monoisotopic (exact) mass is 602 g/mol. The average Bonchev–Trinajstić information content (AvgIpc) is 3.51. The van der Waals surface area contributed by atoms with Crippen molar-refractivity contribution in [1.82, 2.24) is 9.21 Å². The smallest absolute Gasteiger partial charge is 0.323 e. The van der Waals surface area contributed by atoms with Crippen molar-refractivity contribution in [2.75, 3.05) is 44.5 Å². The second-order valence-corrected chi connectivity index (χ2v) is 13.0. The number of carbonyl (C=O) groups is 2. The van der Waals surface area contributed by atoms with Crippen LogP contribution >= 0.6 is 11.3 Å². The van der Waals surface area contributed by atoms with E-state index >= 15 is 0 Å². The quantitative estimate of drug-likeness (QED) is 0.337. The van der Waals surface area contributed by atoms with Crippen LogP contribution in [0.2, 0.25) is 0 Å². The number of anilines is 2. The second kappa shape index (κ2) is 12.9. The molecular formula is C28H34N4O7S2. The van der Waals surface area contributed by atoms with E-state index in [4.69, 9.17) is 9.47 Å². The van der Waals surface area contributed by atoms with Crippen LogP contribution in [0.3, 0.4) is 0 Å². The number of hydrogen-bond acceptors (Lipinski definition) is 8. The van der Waals surface area contributed by atoms with Gasteiger partial charge in [0.25, 0.3) is 15.9 Å². The van der Waals surface area contributed by atoms with E-state index in [2.05, 4.69) is 10.6 Å². The average molecular weight is 603 g/mol. The van der Waals surface area contributed by atoms with Gasteiger partial charge in [-0.05, 0) is 54.8 Å². The van der Waals surface area contributed by atoms with Gasteiger partial charge in [-0.25, -0.2) is 13.2 Å². The predicted molar refractivity (Wildman–Crippen MR) is 157 cm³/mol. The lowest BCUT2D eigenvalue weighted by atomic mass is 9.99. The number of aliphatic hydroxyl groups is 1. The van der Waals surface area contributed by atoms with Crippen molar-refractivity contribution >= 4 is 44.7 Å². The molecule has 3 aromatic rings. The van der Waals surface area contributed by atoms with Crippen LogP contribution in [-0.4, -0.2) is 80.7 Å². The van der Waals surface area contributed by atoms with E-state index in [1.807, 2.05) is 6.92 Å². The third-order valence-corrected chi connectivity index (χ3v) is 10.1. The maximum atomic E-state index is 13.7. The molecule has 0 unspecified atom stereocenters. The lowest BCUT2D eigenvalue weighted by Gasteiger charge is -2.38. The van der Waals surface area contributed by atoms with Crippen LogP contribution in [0.1, 0.15) is 24.2 Å². The van der Waals surface area contributed by atoms with Gasteiger partial charge in [0.05, 0.1) is 37.6 Å². The number of sulfonamides is 1. The molecule has 4 rings (SSSR count). The van der Waals surface area contributed by atoms with Crippen LogP contribution in [0, 0.1) is 5.92 Å². The molecule has 0 bridgehead atoms. The van der Waals surface area contributed by atoms with Crippen LogP contribution in [0.4, 0.5) is 16.2 Å². The van der Waals surface area contributed by atoms with Crippen LogP contribution in [0.25, 0.3) is 0 Å². The van der Waals surface area contributed by atoms with Crippen molar-refractivity contribution in [2.45, 2.75) is 30.2 Å². The summed E-state index contributed by atoms with van der Waals surface area (Å²) in [5.74, 6) is 0.0603. The van der Waals surface area contributed by atoms with Crippen molar-refractivity contribution in [3.8, 4) is 11.5 Å². The molecule has 0 saturated heterocycles. The minimum Gasteiger partial charge on any atom is -0.497 e. The maximum absolute atomic E-state index is 13.7. The van der Waals surface area contributed by atoms with Crippen LogP contribution < -0.4 is 20.1 Å². The van der Waals surface area contributed by atoms with E-state index in [9.17, 15) is 23.1 Å². The fraction of sp³-hybridized carbons (Fsp3) is 0.357. The number of fused-ring (bicyclic) bond motifs is 1. The normalized spacial score (nSPS) is 18.1. The first kappa shape index (κ1) is 30.3. The Balaban J connectivity index is 1.66. The zero-order valence-corrected chi connectivity index (χ0v) is 24.9. The molecule has 41 heavy (non-hydrogen) atoms. The summed E-state index contributed by atoms with van der Waals surface area (Å²) in [5, 5.41) is 17.1. The van der Waals surface area contributed by atoms with Crippen LogP contribution in [0.5, 0.6) is 11.5 Å². The lowest BCUT2D eigenvalue weighted by Crippen LogP contribution is -2.50. The first-order valence-electron chi connectivity index (χ1n) is 13.0. The van der Waals surface area contributed by atoms with E-state index in [1.165, 1.54) is 11.4 Å². The van der Waals surface area contributed by atoms with Crippen molar-refractivity contribution in [3.63, 3.8) is 0 Å². The molecule has 220 valence electrons. The second-order valence-electron chi connectivity index (χ2n) is 9.83. The number of methoxy groups -OCH3 is 1. The van der Waals surface area contributed by atoms with Gasteiger partial charge in [0.2, 0.25) is 0 Å². The standard InChI is InChI=1S/C28H34N4O7S2/c1-18-15-32(19(2)17-33)27(34)22-7-5-8-23(30-28(35)29-20-10-12-21(38-4)13-11-20)26(22)39-24(18)16-31(3)41(36,37)25-9-6-14-40-25/h5-14,18-19,24,33H,15-17H2,1-4H3,(H2,29,30,35)/t18-,19+,24-/m1/s1. The van der Waals surface area contributed by atoms with Gasteiger partial charge in [-0.1, -0.05) is 19.1 Å². The molecule has 3 atom stereocenters. The molecule has 2 heterocycles. The van der Waals surface area contributed by atoms with E-state index < -0.39 is 28.2 Å². The Morgan fingerprint density at radius 3 is 2.56 bits per heavy atom. The molecule has 1 aliphatic rings. The number of ether oxygens (including phenoxy) is 2. The Bertz CT molecular complexity index is 1460. The predicted octanol–water partition coefficient (Wildman–Crippen LogP) is 3.94. The molecule has 11 nitrogen and oxygen atoms in total. The Morgan fingerprint density at radius 1 is 1.20 bits per heavy atom. The Labute approximate surface area is 243 Å². The third kappa shape index (κ3) is 6.81. The minimum atomic E-state index is -3.77. The largest absolute Gasteiger partial charge is 0.497 e. The summed E-state index contributed by atoms with van der Waals surface area (Å²) in [7, 11) is -0.738. The highest BCUT2D eigenvalue weighted by atomic mass is 32.2. The van der Waals surface area contributed by atoms with Gasteiger partial charge < -0.3 is 30.1 Å². The summed E-state index contributed by atoms with van der Waals surface area (Å²) in [4.78, 5) is 28.1. The fourth-order valence-electron chi connectivity index (χ4n) is 4.43. The lowest BCUT2D eigenvalue weighted by molar-refractivity contribution is 0.0389. The molecule has 3 N–H and O–H groups in total. The number of urea groups is 1. The number of likely N-dealkylation sites (N-methyl/N-ethyl adjacent to an activating group) is 1. The number of aliphatic hydroxyl groups excluding tert-OH is 1. The van der Waals surface area contributed by atoms with Gasteiger partial charge in [-0.15, -0.1) is 11.3 Å². The highest BCUT2D eigenvalue weighted by Crippen LogP contribution is 2.35. The molecule has 1 aromatic heterocycles. The molecule has 0 spiro atoms. The number of thiophene rings is 1. The number of carbonyl (C=O) groups excluding carboxylic acids is 2. The first-order chi connectivity index (χ1) is 19.5. The molecule has 0 aliphatic carbocycles. The SMILES string of the molecule is COc1ccc(NC(=O)Nc2cccc3c2O[C@H](CN(C)S(=O)(=O)c2cccs2)[C@H](C)CN([C@@H](C)CO)C3=O)cc1. The minimum absolute atomic E-state index is 0.0112. The molecular weight excluding hydrogens is 568 g/mol. The zero-order chi connectivity index (χ0) is 29.7. The number of benzene rings is 2. The van der Waals surface area contributed by atoms with E-state index in [0.717, 1.165) is 11.3 Å². The van der Waals surface area contributed by atoms with Crippen LogP contribution in [-0.2, 0) is 10.0 Å². The summed E-state index contributed by atoms with van der Waals surface area (Å²) in [5.41, 5.74) is 0.948. The summed E-state index contributed by atoms with van der Waals surface area (Å²) < 4.78 is 39.4. The third-order valence-electron chi connectivity index (χ3n) is 6.88. The van der Waals surface area contributed by atoms with Gasteiger partial charge in [-0.2, -0.15) is 4.31 Å². The molecule has 13 heteroatoms. The number of para-hydroxylation sites is 1. The fourth-order valence-corrected chi connectivity index (χ4v) is 6.82. The topological polar surface area (TPSA) is 138 Å². The number of nitrogens with one attached hydrogen (secondary N) is 2. The van der Waals surface area contributed by atoms with Crippen molar-refractivity contribution in [1.29, 1.82) is 0 Å². The van der Waals surface area contributed by atoms with Gasteiger partial charge in [-0.3, -0.25) is 4.79 Å².